The van der Waals surface area contributed by atoms with Gasteiger partial charge in [-0.05, 0) is 44.0 Å². The summed E-state index contributed by atoms with van der Waals surface area (Å²) in [5.41, 5.74) is 2.26. The van der Waals surface area contributed by atoms with Gasteiger partial charge in [-0.2, -0.15) is 0 Å². The zero-order chi connectivity index (χ0) is 23.0. The quantitative estimate of drug-likeness (QED) is 0.263. The van der Waals surface area contributed by atoms with Crippen LogP contribution in [0.25, 0.3) is 0 Å². The lowest BCUT2D eigenvalue weighted by Crippen LogP contribution is -2.41. The van der Waals surface area contributed by atoms with Crippen LogP contribution < -0.4 is 20.1 Å². The number of nitrogens with one attached hydrogen (secondary N) is 2. The zero-order valence-corrected chi connectivity index (χ0v) is 19.7. The maximum Gasteiger partial charge on any atom is 0.191 e. The van der Waals surface area contributed by atoms with Crippen LogP contribution in [0.2, 0.25) is 0 Å². The molecule has 7 heteroatoms. The highest BCUT2D eigenvalue weighted by molar-refractivity contribution is 5.79. The van der Waals surface area contributed by atoms with Crippen LogP contribution in [0, 0.1) is 0 Å². The third-order valence-corrected chi connectivity index (χ3v) is 4.55. The summed E-state index contributed by atoms with van der Waals surface area (Å²) in [7, 11) is 1.64. The minimum atomic E-state index is -0.0627. The fourth-order valence-electron chi connectivity index (χ4n) is 3.00. The minimum Gasteiger partial charge on any atom is -0.493 e. The Hall–Kier alpha value is -2.77. The summed E-state index contributed by atoms with van der Waals surface area (Å²) >= 11 is 0. The van der Waals surface area contributed by atoms with Crippen molar-refractivity contribution in [3.8, 4) is 11.5 Å². The molecule has 0 amide bonds. The number of benzene rings is 2. The Morgan fingerprint density at radius 3 is 2.44 bits per heavy atom. The zero-order valence-electron chi connectivity index (χ0n) is 19.7. The summed E-state index contributed by atoms with van der Waals surface area (Å²) in [6.07, 6.45) is -0.0627. The van der Waals surface area contributed by atoms with Gasteiger partial charge in [-0.1, -0.05) is 36.4 Å². The molecule has 7 nitrogen and oxygen atoms in total. The molecule has 0 saturated heterocycles. The Morgan fingerprint density at radius 2 is 1.69 bits per heavy atom. The van der Waals surface area contributed by atoms with Gasteiger partial charge in [0.05, 0.1) is 40.0 Å². The van der Waals surface area contributed by atoms with Crippen LogP contribution in [0.3, 0.4) is 0 Å². The predicted molar refractivity (Wildman–Crippen MR) is 128 cm³/mol. The third kappa shape index (κ3) is 9.58. The lowest BCUT2D eigenvalue weighted by atomic mass is 10.1. The van der Waals surface area contributed by atoms with Gasteiger partial charge in [0.1, 0.15) is 6.10 Å². The fourth-order valence-corrected chi connectivity index (χ4v) is 3.00. The molecule has 0 aliphatic carbocycles. The van der Waals surface area contributed by atoms with Gasteiger partial charge < -0.3 is 29.6 Å². The van der Waals surface area contributed by atoms with E-state index in [1.807, 2.05) is 51.1 Å². The second-order valence-corrected chi connectivity index (χ2v) is 7.22. The topological polar surface area (TPSA) is 73.3 Å². The van der Waals surface area contributed by atoms with E-state index in [1.165, 1.54) is 0 Å². The molecule has 0 aromatic heterocycles. The number of guanidine groups is 1. The van der Waals surface area contributed by atoms with Crippen molar-refractivity contribution in [2.24, 2.45) is 4.99 Å². The Balaban J connectivity index is 1.86. The van der Waals surface area contributed by atoms with Crippen molar-refractivity contribution in [3.63, 3.8) is 0 Å². The SMILES string of the molecule is CCNC(=NCc1cccc(COCCOCC)c1)NCC(C)Oc1ccccc1OC. The first kappa shape index (κ1) is 25.5. The normalized spacial score (nSPS) is 12.3. The molecule has 0 bridgehead atoms. The van der Waals surface area contributed by atoms with Gasteiger partial charge >= 0.3 is 0 Å². The van der Waals surface area contributed by atoms with Crippen LogP contribution >= 0.6 is 0 Å². The molecular formula is C25H37N3O4. The number of nitrogens with zero attached hydrogens (tertiary/aromatic N) is 1. The molecule has 32 heavy (non-hydrogen) atoms. The number of ether oxygens (including phenoxy) is 4. The van der Waals surface area contributed by atoms with Crippen molar-refractivity contribution in [3.05, 3.63) is 59.7 Å². The highest BCUT2D eigenvalue weighted by Gasteiger charge is 2.09. The molecule has 2 aromatic carbocycles. The molecular weight excluding hydrogens is 406 g/mol. The summed E-state index contributed by atoms with van der Waals surface area (Å²) in [6.45, 7) is 10.5. The van der Waals surface area contributed by atoms with Crippen LogP contribution in [0.15, 0.2) is 53.5 Å². The van der Waals surface area contributed by atoms with Crippen molar-refractivity contribution >= 4 is 5.96 Å². The number of methoxy groups -OCH3 is 1. The van der Waals surface area contributed by atoms with Gasteiger partial charge in [0, 0.05) is 13.2 Å². The first-order valence-electron chi connectivity index (χ1n) is 11.2. The van der Waals surface area contributed by atoms with E-state index in [2.05, 4.69) is 28.8 Å². The van der Waals surface area contributed by atoms with E-state index in [-0.39, 0.29) is 6.10 Å². The van der Waals surface area contributed by atoms with Crippen LogP contribution in [-0.4, -0.2) is 52.1 Å². The monoisotopic (exact) mass is 443 g/mol. The highest BCUT2D eigenvalue weighted by Crippen LogP contribution is 2.26. The van der Waals surface area contributed by atoms with Gasteiger partial charge in [0.15, 0.2) is 17.5 Å². The number of rotatable bonds is 14. The average Bonchev–Trinajstić information content (AvgIpc) is 2.81. The minimum absolute atomic E-state index is 0.0627. The molecule has 0 saturated carbocycles. The Bertz CT molecular complexity index is 813. The Morgan fingerprint density at radius 1 is 0.938 bits per heavy atom. The Labute approximate surface area is 192 Å². The van der Waals surface area contributed by atoms with Crippen LogP contribution in [-0.2, 0) is 22.6 Å². The summed E-state index contributed by atoms with van der Waals surface area (Å²) in [6, 6.07) is 15.9. The van der Waals surface area contributed by atoms with Gasteiger partial charge in [-0.3, -0.25) is 0 Å². The van der Waals surface area contributed by atoms with Crippen molar-refractivity contribution in [1.82, 2.24) is 10.6 Å². The Kier molecular flexibility index (Phi) is 12.0. The van der Waals surface area contributed by atoms with E-state index in [0.29, 0.717) is 39.5 Å². The first-order chi connectivity index (χ1) is 15.7. The van der Waals surface area contributed by atoms with E-state index in [4.69, 9.17) is 23.9 Å². The number of hydrogen-bond acceptors (Lipinski definition) is 5. The van der Waals surface area contributed by atoms with E-state index in [1.54, 1.807) is 7.11 Å². The molecule has 2 aromatic rings. The molecule has 0 heterocycles. The van der Waals surface area contributed by atoms with E-state index in [9.17, 15) is 0 Å². The summed E-state index contributed by atoms with van der Waals surface area (Å²) in [5.74, 6) is 2.20. The summed E-state index contributed by atoms with van der Waals surface area (Å²) in [5, 5.41) is 6.63. The van der Waals surface area contributed by atoms with Crippen molar-refractivity contribution < 1.29 is 18.9 Å². The summed E-state index contributed by atoms with van der Waals surface area (Å²) < 4.78 is 22.3. The van der Waals surface area contributed by atoms with Gasteiger partial charge in [-0.15, -0.1) is 0 Å². The lowest BCUT2D eigenvalue weighted by molar-refractivity contribution is 0.0453. The second kappa shape index (κ2) is 15.1. The van der Waals surface area contributed by atoms with E-state index < -0.39 is 0 Å². The van der Waals surface area contributed by atoms with E-state index >= 15 is 0 Å². The molecule has 0 aliphatic heterocycles. The lowest BCUT2D eigenvalue weighted by Gasteiger charge is -2.19. The van der Waals surface area contributed by atoms with Crippen molar-refractivity contribution in [2.75, 3.05) is 40.0 Å². The molecule has 0 fully saturated rings. The number of para-hydroxylation sites is 2. The molecule has 1 atom stereocenters. The van der Waals surface area contributed by atoms with Gasteiger partial charge in [0.25, 0.3) is 0 Å². The molecule has 2 rings (SSSR count). The number of hydrogen-bond donors (Lipinski definition) is 2. The number of aliphatic imine (C=N–C) groups is 1. The van der Waals surface area contributed by atoms with Crippen LogP contribution in [0.5, 0.6) is 11.5 Å². The standard InChI is InChI=1S/C25H37N3O4/c1-5-26-25(27-17-20(3)32-24-13-8-7-12-23(24)29-4)28-18-21-10-9-11-22(16-21)19-31-15-14-30-6-2/h7-13,16,20H,5-6,14-15,17-19H2,1-4H3,(H2,26,27,28). The molecule has 0 aliphatic rings. The maximum atomic E-state index is 6.01. The van der Waals surface area contributed by atoms with Crippen LogP contribution in [0.1, 0.15) is 31.9 Å². The van der Waals surface area contributed by atoms with Gasteiger partial charge in [-0.25, -0.2) is 4.99 Å². The summed E-state index contributed by atoms with van der Waals surface area (Å²) in [4.78, 5) is 4.71. The third-order valence-electron chi connectivity index (χ3n) is 4.55. The molecule has 0 radical (unpaired) electrons. The maximum absolute atomic E-state index is 6.01. The largest absolute Gasteiger partial charge is 0.493 e. The molecule has 1 unspecified atom stereocenters. The van der Waals surface area contributed by atoms with Gasteiger partial charge in [0.2, 0.25) is 0 Å². The van der Waals surface area contributed by atoms with E-state index in [0.717, 1.165) is 35.1 Å². The first-order valence-corrected chi connectivity index (χ1v) is 11.2. The second-order valence-electron chi connectivity index (χ2n) is 7.22. The molecule has 176 valence electrons. The molecule has 2 N–H and O–H groups in total. The van der Waals surface area contributed by atoms with Crippen LogP contribution in [0.4, 0.5) is 0 Å². The fraction of sp³-hybridized carbons (Fsp3) is 0.480. The molecule has 0 spiro atoms. The van der Waals surface area contributed by atoms with Crippen molar-refractivity contribution in [2.45, 2.75) is 40.0 Å². The predicted octanol–water partition coefficient (Wildman–Crippen LogP) is 3.77. The average molecular weight is 444 g/mol. The smallest absolute Gasteiger partial charge is 0.191 e. The highest BCUT2D eigenvalue weighted by atomic mass is 16.5. The van der Waals surface area contributed by atoms with Crippen molar-refractivity contribution in [1.29, 1.82) is 0 Å².